The number of carbonyl (C=O) groups is 2. The molecule has 0 aromatic heterocycles. The van der Waals surface area contributed by atoms with Gasteiger partial charge in [0.25, 0.3) is 0 Å². The van der Waals surface area contributed by atoms with Gasteiger partial charge < -0.3 is 10.6 Å². The third-order valence-electron chi connectivity index (χ3n) is 4.39. The molecule has 0 bridgehead atoms. The molecule has 2 N–H and O–H groups in total. The molecule has 2 amide bonds. The Morgan fingerprint density at radius 1 is 1.05 bits per heavy atom. The van der Waals surface area contributed by atoms with E-state index < -0.39 is 0 Å². The number of nitrogens with one attached hydrogen (secondary N) is 2. The molecule has 5 heteroatoms. The second-order valence-corrected chi connectivity index (χ2v) is 5.71. The Morgan fingerprint density at radius 3 is 2.14 bits per heavy atom. The Balaban J connectivity index is 2.23. The molecule has 0 radical (unpaired) electrons. The Hall–Kier alpha value is -1.10. The Labute approximate surface area is 128 Å². The zero-order chi connectivity index (χ0) is 15.7. The number of rotatable bonds is 9. The first-order valence-electron chi connectivity index (χ1n) is 8.43. The molecule has 122 valence electrons. The fraction of sp³-hybridized carbons (Fsp3) is 0.875. The quantitative estimate of drug-likeness (QED) is 0.635. The highest BCUT2D eigenvalue weighted by atomic mass is 16.2. The Bertz CT molecular complexity index is 323. The molecule has 1 rings (SSSR count). The van der Waals surface area contributed by atoms with Crippen molar-refractivity contribution in [1.82, 2.24) is 15.5 Å². The van der Waals surface area contributed by atoms with Crippen LogP contribution in [0.25, 0.3) is 0 Å². The van der Waals surface area contributed by atoms with Crippen molar-refractivity contribution in [2.45, 2.75) is 58.9 Å². The summed E-state index contributed by atoms with van der Waals surface area (Å²) < 4.78 is 0. The summed E-state index contributed by atoms with van der Waals surface area (Å²) in [4.78, 5) is 26.2. The van der Waals surface area contributed by atoms with Gasteiger partial charge in [0.1, 0.15) is 0 Å². The molecule has 0 saturated heterocycles. The van der Waals surface area contributed by atoms with Crippen molar-refractivity contribution in [3.8, 4) is 0 Å². The Kier molecular flexibility index (Phi) is 8.35. The van der Waals surface area contributed by atoms with Crippen molar-refractivity contribution < 1.29 is 9.59 Å². The van der Waals surface area contributed by atoms with Crippen LogP contribution in [-0.4, -0.2) is 48.9 Å². The van der Waals surface area contributed by atoms with Crippen molar-refractivity contribution >= 4 is 11.8 Å². The Morgan fingerprint density at radius 2 is 1.62 bits per heavy atom. The van der Waals surface area contributed by atoms with E-state index in [2.05, 4.69) is 29.4 Å². The predicted molar refractivity (Wildman–Crippen MR) is 85.0 cm³/mol. The molecular weight excluding hydrogens is 266 g/mol. The lowest BCUT2D eigenvalue weighted by atomic mass is 10.1. The number of carbonyl (C=O) groups excluding carboxylic acids is 2. The smallest absolute Gasteiger partial charge is 0.237 e. The van der Waals surface area contributed by atoms with Gasteiger partial charge in [-0.15, -0.1) is 0 Å². The second-order valence-electron chi connectivity index (χ2n) is 5.71. The highest BCUT2D eigenvalue weighted by molar-refractivity contribution is 5.82. The van der Waals surface area contributed by atoms with Gasteiger partial charge in [-0.05, 0) is 32.4 Å². The van der Waals surface area contributed by atoms with Crippen LogP contribution in [0.4, 0.5) is 0 Å². The van der Waals surface area contributed by atoms with E-state index >= 15 is 0 Å². The van der Waals surface area contributed by atoms with Crippen LogP contribution in [0, 0.1) is 5.92 Å². The maximum atomic E-state index is 12.2. The molecule has 0 aromatic rings. The van der Waals surface area contributed by atoms with Gasteiger partial charge in [0, 0.05) is 19.0 Å². The SMILES string of the molecule is CCC(C(=O)NCCNC(=O)C1CCCC1)N(CC)CC. The van der Waals surface area contributed by atoms with E-state index in [1.54, 1.807) is 0 Å². The minimum absolute atomic E-state index is 0.0643. The number of nitrogens with zero attached hydrogens (tertiary/aromatic N) is 1. The van der Waals surface area contributed by atoms with Crippen LogP contribution in [0.15, 0.2) is 0 Å². The van der Waals surface area contributed by atoms with Crippen molar-refractivity contribution in [3.63, 3.8) is 0 Å². The third-order valence-corrected chi connectivity index (χ3v) is 4.39. The van der Waals surface area contributed by atoms with Crippen molar-refractivity contribution in [1.29, 1.82) is 0 Å². The van der Waals surface area contributed by atoms with Crippen LogP contribution in [0.2, 0.25) is 0 Å². The summed E-state index contributed by atoms with van der Waals surface area (Å²) in [5.41, 5.74) is 0. The lowest BCUT2D eigenvalue weighted by molar-refractivity contribution is -0.127. The van der Waals surface area contributed by atoms with E-state index in [1.807, 2.05) is 6.92 Å². The van der Waals surface area contributed by atoms with Gasteiger partial charge in [-0.1, -0.05) is 33.6 Å². The summed E-state index contributed by atoms with van der Waals surface area (Å²) in [6.45, 7) is 8.96. The summed E-state index contributed by atoms with van der Waals surface area (Å²) in [7, 11) is 0. The van der Waals surface area contributed by atoms with Crippen LogP contribution in [0.5, 0.6) is 0 Å². The van der Waals surface area contributed by atoms with Gasteiger partial charge in [-0.25, -0.2) is 0 Å². The standard InChI is InChI=1S/C16H31N3O2/c1-4-14(19(5-2)6-3)16(21)18-12-11-17-15(20)13-9-7-8-10-13/h13-14H,4-12H2,1-3H3,(H,17,20)(H,18,21). The van der Waals surface area contributed by atoms with Crippen LogP contribution in [0.3, 0.4) is 0 Å². The van der Waals surface area contributed by atoms with E-state index in [4.69, 9.17) is 0 Å². The molecule has 0 spiro atoms. The van der Waals surface area contributed by atoms with Crippen LogP contribution in [-0.2, 0) is 9.59 Å². The van der Waals surface area contributed by atoms with E-state index in [0.29, 0.717) is 13.1 Å². The average Bonchev–Trinajstić information content (AvgIpc) is 3.02. The zero-order valence-corrected chi connectivity index (χ0v) is 13.8. The fourth-order valence-electron chi connectivity index (χ4n) is 3.10. The number of hydrogen-bond acceptors (Lipinski definition) is 3. The van der Waals surface area contributed by atoms with E-state index in [0.717, 1.165) is 45.2 Å². The maximum absolute atomic E-state index is 12.2. The molecule has 0 heterocycles. The summed E-state index contributed by atoms with van der Waals surface area (Å²) >= 11 is 0. The third kappa shape index (κ3) is 5.65. The minimum atomic E-state index is -0.0643. The van der Waals surface area contributed by atoms with Crippen LogP contribution < -0.4 is 10.6 Å². The molecule has 1 aliphatic rings. The van der Waals surface area contributed by atoms with Crippen molar-refractivity contribution in [3.05, 3.63) is 0 Å². The zero-order valence-electron chi connectivity index (χ0n) is 13.8. The summed E-state index contributed by atoms with van der Waals surface area (Å²) in [5.74, 6) is 0.411. The van der Waals surface area contributed by atoms with Gasteiger partial charge >= 0.3 is 0 Å². The van der Waals surface area contributed by atoms with Crippen LogP contribution >= 0.6 is 0 Å². The number of hydrogen-bond donors (Lipinski definition) is 2. The summed E-state index contributed by atoms with van der Waals surface area (Å²) in [5, 5.41) is 5.86. The summed E-state index contributed by atoms with van der Waals surface area (Å²) in [6, 6.07) is -0.0643. The monoisotopic (exact) mass is 297 g/mol. The van der Waals surface area contributed by atoms with Gasteiger partial charge in [-0.2, -0.15) is 0 Å². The highest BCUT2D eigenvalue weighted by Gasteiger charge is 2.23. The first-order chi connectivity index (χ1) is 10.1. The minimum Gasteiger partial charge on any atom is -0.354 e. The highest BCUT2D eigenvalue weighted by Crippen LogP contribution is 2.24. The first-order valence-corrected chi connectivity index (χ1v) is 8.43. The molecule has 0 aliphatic heterocycles. The van der Waals surface area contributed by atoms with Gasteiger partial charge in [-0.3, -0.25) is 14.5 Å². The number of likely N-dealkylation sites (N-methyl/N-ethyl adjacent to an activating group) is 1. The average molecular weight is 297 g/mol. The van der Waals surface area contributed by atoms with Crippen molar-refractivity contribution in [2.24, 2.45) is 5.92 Å². The maximum Gasteiger partial charge on any atom is 0.237 e. The largest absolute Gasteiger partial charge is 0.354 e. The van der Waals surface area contributed by atoms with Crippen molar-refractivity contribution in [2.75, 3.05) is 26.2 Å². The predicted octanol–water partition coefficient (Wildman–Crippen LogP) is 1.53. The topological polar surface area (TPSA) is 61.4 Å². The molecular formula is C16H31N3O2. The van der Waals surface area contributed by atoms with Gasteiger partial charge in [0.05, 0.1) is 6.04 Å². The van der Waals surface area contributed by atoms with Gasteiger partial charge in [0.2, 0.25) is 11.8 Å². The molecule has 0 aromatic carbocycles. The molecule has 1 unspecified atom stereocenters. The van der Waals surface area contributed by atoms with Gasteiger partial charge in [0.15, 0.2) is 0 Å². The van der Waals surface area contributed by atoms with Crippen LogP contribution in [0.1, 0.15) is 52.9 Å². The first kappa shape index (κ1) is 18.0. The lowest BCUT2D eigenvalue weighted by Gasteiger charge is -2.27. The molecule has 1 fully saturated rings. The fourth-order valence-corrected chi connectivity index (χ4v) is 3.10. The molecule has 21 heavy (non-hydrogen) atoms. The summed E-state index contributed by atoms with van der Waals surface area (Å²) in [6.07, 6.45) is 5.16. The van der Waals surface area contributed by atoms with E-state index in [1.165, 1.54) is 0 Å². The lowest BCUT2D eigenvalue weighted by Crippen LogP contribution is -2.48. The van der Waals surface area contributed by atoms with E-state index in [9.17, 15) is 9.59 Å². The number of amides is 2. The molecule has 1 atom stereocenters. The second kappa shape index (κ2) is 9.77. The molecule has 1 saturated carbocycles. The molecule has 5 nitrogen and oxygen atoms in total. The normalized spacial score (nSPS) is 17.0. The molecule has 1 aliphatic carbocycles. The van der Waals surface area contributed by atoms with E-state index in [-0.39, 0.29) is 23.8 Å².